The minimum atomic E-state index is -0.150. The van der Waals surface area contributed by atoms with Crippen LogP contribution in [0.1, 0.15) is 65.8 Å². The van der Waals surface area contributed by atoms with E-state index in [1.807, 2.05) is 44.2 Å². The highest BCUT2D eigenvalue weighted by Gasteiger charge is 2.22. The molecule has 2 aromatic rings. The Labute approximate surface area is 160 Å². The Morgan fingerprint density at radius 2 is 1.78 bits per heavy atom. The molecule has 0 saturated heterocycles. The molecule has 1 saturated carbocycles. The van der Waals surface area contributed by atoms with Gasteiger partial charge in [-0.2, -0.15) is 0 Å². The lowest BCUT2D eigenvalue weighted by Crippen LogP contribution is -2.37. The Hall–Kier alpha value is -2.69. The summed E-state index contributed by atoms with van der Waals surface area (Å²) in [6.45, 7) is 4.51. The van der Waals surface area contributed by atoms with Crippen molar-refractivity contribution in [3.05, 3.63) is 65.5 Å². The van der Waals surface area contributed by atoms with E-state index in [4.69, 9.17) is 0 Å². The Morgan fingerprint density at radius 1 is 1.11 bits per heavy atom. The van der Waals surface area contributed by atoms with E-state index in [1.54, 1.807) is 11.0 Å². The van der Waals surface area contributed by atoms with Crippen LogP contribution >= 0.6 is 0 Å². The summed E-state index contributed by atoms with van der Waals surface area (Å²) < 4.78 is 0. The number of amides is 2. The highest BCUT2D eigenvalue weighted by Crippen LogP contribution is 2.19. The van der Waals surface area contributed by atoms with Crippen LogP contribution in [0.2, 0.25) is 0 Å². The molecule has 0 aliphatic heterocycles. The third-order valence-corrected chi connectivity index (χ3v) is 5.02. The second kappa shape index (κ2) is 8.80. The van der Waals surface area contributed by atoms with Gasteiger partial charge in [-0.25, -0.2) is 0 Å². The van der Waals surface area contributed by atoms with Crippen molar-refractivity contribution in [3.63, 3.8) is 0 Å². The van der Waals surface area contributed by atoms with Crippen molar-refractivity contribution in [2.24, 2.45) is 0 Å². The summed E-state index contributed by atoms with van der Waals surface area (Å²) in [4.78, 5) is 31.5. The molecule has 142 valence electrons. The molecular formula is C22H27N3O2. The van der Waals surface area contributed by atoms with Crippen molar-refractivity contribution in [2.75, 3.05) is 0 Å². The van der Waals surface area contributed by atoms with Gasteiger partial charge >= 0.3 is 0 Å². The first-order chi connectivity index (χ1) is 13.0. The highest BCUT2D eigenvalue weighted by molar-refractivity contribution is 5.99. The monoisotopic (exact) mass is 365 g/mol. The number of nitrogens with zero attached hydrogens (tertiary/aromatic N) is 2. The molecule has 1 N–H and O–H groups in total. The minimum absolute atomic E-state index is 0.0358. The second-order valence-electron chi connectivity index (χ2n) is 7.43. The first-order valence-corrected chi connectivity index (χ1v) is 9.65. The Kier molecular flexibility index (Phi) is 6.22. The van der Waals surface area contributed by atoms with E-state index in [0.717, 1.165) is 31.2 Å². The summed E-state index contributed by atoms with van der Waals surface area (Å²) >= 11 is 0. The molecule has 0 spiro atoms. The zero-order valence-electron chi connectivity index (χ0n) is 16.0. The maximum atomic E-state index is 13.1. The number of hydrogen-bond acceptors (Lipinski definition) is 3. The molecule has 1 heterocycles. The van der Waals surface area contributed by atoms with Gasteiger partial charge in [0.1, 0.15) is 0 Å². The predicted molar refractivity (Wildman–Crippen MR) is 105 cm³/mol. The van der Waals surface area contributed by atoms with Crippen molar-refractivity contribution in [1.82, 2.24) is 15.2 Å². The maximum absolute atomic E-state index is 13.1. The van der Waals surface area contributed by atoms with E-state index in [1.165, 1.54) is 12.4 Å². The van der Waals surface area contributed by atoms with E-state index in [9.17, 15) is 9.59 Å². The second-order valence-corrected chi connectivity index (χ2v) is 7.43. The Bertz CT molecular complexity index is 783. The van der Waals surface area contributed by atoms with E-state index in [-0.39, 0.29) is 23.9 Å². The average molecular weight is 365 g/mol. The number of hydrogen-bond donors (Lipinski definition) is 1. The van der Waals surface area contributed by atoms with Crippen LogP contribution in [0, 0.1) is 0 Å². The van der Waals surface area contributed by atoms with Crippen molar-refractivity contribution >= 4 is 11.8 Å². The number of carbonyl (C=O) groups excluding carboxylic acids is 2. The van der Waals surface area contributed by atoms with E-state index in [2.05, 4.69) is 10.3 Å². The lowest BCUT2D eigenvalue weighted by Gasteiger charge is -2.27. The van der Waals surface area contributed by atoms with E-state index < -0.39 is 0 Å². The number of aromatic nitrogens is 1. The van der Waals surface area contributed by atoms with Gasteiger partial charge in [0, 0.05) is 31.0 Å². The van der Waals surface area contributed by atoms with Gasteiger partial charge < -0.3 is 10.2 Å². The number of pyridine rings is 1. The van der Waals surface area contributed by atoms with E-state index in [0.29, 0.717) is 17.7 Å². The molecule has 0 bridgehead atoms. The van der Waals surface area contributed by atoms with Gasteiger partial charge in [0.15, 0.2) is 0 Å². The Balaban J connectivity index is 1.75. The number of rotatable bonds is 6. The first kappa shape index (κ1) is 19.1. The number of carbonyl (C=O) groups is 2. The van der Waals surface area contributed by atoms with Gasteiger partial charge in [0.25, 0.3) is 11.8 Å². The molecule has 0 atom stereocenters. The summed E-state index contributed by atoms with van der Waals surface area (Å²) in [6, 6.07) is 11.8. The van der Waals surface area contributed by atoms with Crippen LogP contribution in [0.25, 0.3) is 0 Å². The molecule has 3 rings (SSSR count). The number of nitrogens with one attached hydrogen (secondary N) is 1. The smallest absolute Gasteiger partial charge is 0.255 e. The molecule has 1 aromatic heterocycles. The van der Waals surface area contributed by atoms with Crippen LogP contribution in [0.15, 0.2) is 48.8 Å². The minimum Gasteiger partial charge on any atom is -0.349 e. The molecule has 0 radical (unpaired) electrons. The molecular weight excluding hydrogens is 338 g/mol. The largest absolute Gasteiger partial charge is 0.349 e. The first-order valence-electron chi connectivity index (χ1n) is 9.65. The van der Waals surface area contributed by atoms with Gasteiger partial charge in [-0.15, -0.1) is 0 Å². The fourth-order valence-corrected chi connectivity index (χ4v) is 3.45. The lowest BCUT2D eigenvalue weighted by atomic mass is 10.1. The van der Waals surface area contributed by atoms with Gasteiger partial charge in [0.05, 0.1) is 11.1 Å². The highest BCUT2D eigenvalue weighted by atomic mass is 16.2. The SMILES string of the molecule is CC(C)N(Cc1ccccc1)C(=O)c1cncc(C(=O)NC2CCCC2)c1. The topological polar surface area (TPSA) is 62.3 Å². The van der Waals surface area contributed by atoms with Crippen LogP contribution in [0.3, 0.4) is 0 Å². The van der Waals surface area contributed by atoms with Crippen molar-refractivity contribution < 1.29 is 9.59 Å². The zero-order valence-corrected chi connectivity index (χ0v) is 16.0. The quantitative estimate of drug-likeness (QED) is 0.847. The van der Waals surface area contributed by atoms with Crippen LogP contribution in [0.5, 0.6) is 0 Å². The zero-order chi connectivity index (χ0) is 19.2. The fourth-order valence-electron chi connectivity index (χ4n) is 3.45. The molecule has 1 fully saturated rings. The molecule has 1 aliphatic rings. The average Bonchev–Trinajstić information content (AvgIpc) is 3.19. The molecule has 1 aliphatic carbocycles. The predicted octanol–water partition coefficient (Wildman–Crippen LogP) is 3.80. The van der Waals surface area contributed by atoms with Crippen molar-refractivity contribution in [2.45, 2.75) is 58.2 Å². The summed E-state index contributed by atoms with van der Waals surface area (Å²) in [6.07, 6.45) is 7.42. The van der Waals surface area contributed by atoms with Crippen LogP contribution in [0.4, 0.5) is 0 Å². The van der Waals surface area contributed by atoms with Gasteiger partial charge in [-0.05, 0) is 38.3 Å². The van der Waals surface area contributed by atoms with Gasteiger partial charge in [0.2, 0.25) is 0 Å². The Morgan fingerprint density at radius 3 is 2.44 bits per heavy atom. The van der Waals surface area contributed by atoms with E-state index >= 15 is 0 Å². The number of benzene rings is 1. The summed E-state index contributed by atoms with van der Waals surface area (Å²) in [7, 11) is 0. The van der Waals surface area contributed by atoms with Gasteiger partial charge in [-0.1, -0.05) is 43.2 Å². The fraction of sp³-hybridized carbons (Fsp3) is 0.409. The summed E-state index contributed by atoms with van der Waals surface area (Å²) in [5.41, 5.74) is 1.96. The van der Waals surface area contributed by atoms with Gasteiger partial charge in [-0.3, -0.25) is 14.6 Å². The maximum Gasteiger partial charge on any atom is 0.255 e. The molecule has 5 heteroatoms. The van der Waals surface area contributed by atoms with Crippen LogP contribution in [-0.2, 0) is 6.54 Å². The molecule has 0 unspecified atom stereocenters. The van der Waals surface area contributed by atoms with Crippen molar-refractivity contribution in [3.8, 4) is 0 Å². The molecule has 2 amide bonds. The molecule has 5 nitrogen and oxygen atoms in total. The summed E-state index contributed by atoms with van der Waals surface area (Å²) in [5, 5.41) is 3.05. The molecule has 27 heavy (non-hydrogen) atoms. The standard InChI is InChI=1S/C22H27N3O2/c1-16(2)25(15-17-8-4-3-5-9-17)22(27)19-12-18(13-23-14-19)21(26)24-20-10-6-7-11-20/h3-5,8-9,12-14,16,20H,6-7,10-11,15H2,1-2H3,(H,24,26). The lowest BCUT2D eigenvalue weighted by molar-refractivity contribution is 0.0690. The van der Waals surface area contributed by atoms with Crippen LogP contribution < -0.4 is 5.32 Å². The van der Waals surface area contributed by atoms with Crippen LogP contribution in [-0.4, -0.2) is 33.8 Å². The van der Waals surface area contributed by atoms with Crippen molar-refractivity contribution in [1.29, 1.82) is 0 Å². The normalized spacial score (nSPS) is 14.3. The summed E-state index contributed by atoms with van der Waals surface area (Å²) in [5.74, 6) is -0.264. The molecule has 1 aromatic carbocycles. The third kappa shape index (κ3) is 4.94. The third-order valence-electron chi connectivity index (χ3n) is 5.02.